The quantitative estimate of drug-likeness (QED) is 0.623. The molecule has 0 heterocycles. The summed E-state index contributed by atoms with van der Waals surface area (Å²) in [6.45, 7) is 1.88. The van der Waals surface area contributed by atoms with E-state index in [2.05, 4.69) is 0 Å². The Hall–Kier alpha value is -0.810. The highest BCUT2D eigenvalue weighted by Crippen LogP contribution is 2.31. The Bertz CT molecular complexity index is 188. The minimum Gasteiger partial charge on any atom is -0.443 e. The van der Waals surface area contributed by atoms with Crippen molar-refractivity contribution >= 4 is 6.09 Å². The largest absolute Gasteiger partial charge is 0.443 e. The molecule has 1 saturated carbocycles. The van der Waals surface area contributed by atoms with Gasteiger partial charge in [0.15, 0.2) is 0 Å². The molecule has 0 atom stereocenters. The second-order valence-electron chi connectivity index (χ2n) is 3.71. The lowest BCUT2D eigenvalue weighted by atomic mass is 9.85. The summed E-state index contributed by atoms with van der Waals surface area (Å²) in [6.07, 6.45) is 2.48. The monoisotopic (exact) mass is 188 g/mol. The highest BCUT2D eigenvalue weighted by molar-refractivity contribution is 5.65. The second kappa shape index (κ2) is 3.93. The van der Waals surface area contributed by atoms with Gasteiger partial charge in [0.1, 0.15) is 5.60 Å². The van der Waals surface area contributed by atoms with Crippen molar-refractivity contribution in [2.45, 2.75) is 44.3 Å². The number of carbonyl (C=O) groups excluding carboxylic acids is 1. The van der Waals surface area contributed by atoms with Crippen LogP contribution in [0.5, 0.6) is 0 Å². The number of hydrogen-bond acceptors (Lipinski definition) is 4. The van der Waals surface area contributed by atoms with E-state index in [-0.39, 0.29) is 6.10 Å². The van der Waals surface area contributed by atoms with Crippen LogP contribution >= 0.6 is 0 Å². The first-order chi connectivity index (χ1) is 6.06. The van der Waals surface area contributed by atoms with Crippen molar-refractivity contribution in [1.82, 2.24) is 0 Å². The van der Waals surface area contributed by atoms with Crippen LogP contribution in [-0.4, -0.2) is 17.8 Å². The van der Waals surface area contributed by atoms with Crippen molar-refractivity contribution in [3.63, 3.8) is 0 Å². The molecule has 0 bridgehead atoms. The predicted octanol–water partition coefficient (Wildman–Crippen LogP) is 0.673. The Morgan fingerprint density at radius 3 is 2.38 bits per heavy atom. The number of carbonyl (C=O) groups is 1. The third-order valence-corrected chi connectivity index (χ3v) is 2.53. The minimum atomic E-state index is -0.713. The van der Waals surface area contributed by atoms with Crippen LogP contribution in [-0.2, 0) is 9.57 Å². The van der Waals surface area contributed by atoms with E-state index in [4.69, 9.17) is 21.2 Å². The van der Waals surface area contributed by atoms with Gasteiger partial charge >= 0.3 is 6.09 Å². The van der Waals surface area contributed by atoms with Gasteiger partial charge in [0.2, 0.25) is 0 Å². The normalized spacial score (nSPS) is 34.2. The predicted molar refractivity (Wildman–Crippen MR) is 46.6 cm³/mol. The summed E-state index contributed by atoms with van der Waals surface area (Å²) in [6, 6.07) is 0. The number of nitrogens with two attached hydrogens (primary N) is 2. The number of ether oxygens (including phenoxy) is 1. The maximum Gasteiger partial charge on any atom is 0.405 e. The average molecular weight is 188 g/mol. The van der Waals surface area contributed by atoms with Gasteiger partial charge < -0.3 is 15.3 Å². The molecule has 1 aliphatic carbocycles. The molecular formula is C8H16N2O3. The maximum absolute atomic E-state index is 10.6. The number of amides is 1. The zero-order valence-electron chi connectivity index (χ0n) is 7.79. The van der Waals surface area contributed by atoms with Crippen LogP contribution in [0.15, 0.2) is 0 Å². The van der Waals surface area contributed by atoms with E-state index in [1.807, 2.05) is 6.92 Å². The van der Waals surface area contributed by atoms with Gasteiger partial charge in [0.25, 0.3) is 0 Å². The fourth-order valence-electron chi connectivity index (χ4n) is 1.68. The molecule has 0 saturated heterocycles. The molecule has 0 aliphatic heterocycles. The summed E-state index contributed by atoms with van der Waals surface area (Å²) in [5, 5.41) is 0. The maximum atomic E-state index is 10.6. The van der Waals surface area contributed by atoms with Gasteiger partial charge in [-0.3, -0.25) is 0 Å². The summed E-state index contributed by atoms with van der Waals surface area (Å²) in [5.74, 6) is 5.06. The zero-order valence-corrected chi connectivity index (χ0v) is 7.79. The standard InChI is InChI=1S/C8H16N2O3/c1-8(12-7(9)11)4-2-6(13-10)3-5-8/h6H,2-5,10H2,1H3,(H2,9,11). The lowest BCUT2D eigenvalue weighted by Gasteiger charge is -2.35. The van der Waals surface area contributed by atoms with E-state index < -0.39 is 11.7 Å². The fraction of sp³-hybridized carbons (Fsp3) is 0.875. The van der Waals surface area contributed by atoms with Crippen molar-refractivity contribution < 1.29 is 14.4 Å². The Morgan fingerprint density at radius 2 is 2.00 bits per heavy atom. The Kier molecular flexibility index (Phi) is 3.11. The van der Waals surface area contributed by atoms with E-state index in [9.17, 15) is 4.79 Å². The average Bonchev–Trinajstić information content (AvgIpc) is 2.04. The summed E-state index contributed by atoms with van der Waals surface area (Å²) in [5.41, 5.74) is 4.53. The van der Waals surface area contributed by atoms with Crippen molar-refractivity contribution in [3.8, 4) is 0 Å². The van der Waals surface area contributed by atoms with Crippen LogP contribution in [0.2, 0.25) is 0 Å². The SMILES string of the molecule is CC1(OC(N)=O)CCC(ON)CC1. The molecule has 1 amide bonds. The van der Waals surface area contributed by atoms with Crippen molar-refractivity contribution in [2.75, 3.05) is 0 Å². The van der Waals surface area contributed by atoms with Gasteiger partial charge in [-0.2, -0.15) is 0 Å². The Morgan fingerprint density at radius 1 is 1.46 bits per heavy atom. The zero-order chi connectivity index (χ0) is 9.90. The highest BCUT2D eigenvalue weighted by atomic mass is 16.6. The molecule has 0 radical (unpaired) electrons. The van der Waals surface area contributed by atoms with Crippen LogP contribution in [0.25, 0.3) is 0 Å². The molecule has 4 N–H and O–H groups in total. The number of rotatable bonds is 2. The molecule has 0 aromatic rings. The first kappa shape index (κ1) is 10.3. The number of hydrogen-bond donors (Lipinski definition) is 2. The molecule has 1 aliphatic rings. The Balaban J connectivity index is 2.41. The van der Waals surface area contributed by atoms with Crippen LogP contribution in [0, 0.1) is 0 Å². The van der Waals surface area contributed by atoms with E-state index in [0.29, 0.717) is 0 Å². The molecule has 76 valence electrons. The molecule has 0 unspecified atom stereocenters. The second-order valence-corrected chi connectivity index (χ2v) is 3.71. The first-order valence-electron chi connectivity index (χ1n) is 4.40. The highest BCUT2D eigenvalue weighted by Gasteiger charge is 2.34. The third kappa shape index (κ3) is 2.86. The minimum absolute atomic E-state index is 0.0875. The topological polar surface area (TPSA) is 87.6 Å². The molecule has 0 spiro atoms. The molecule has 0 aromatic carbocycles. The molecule has 0 aromatic heterocycles. The molecule has 13 heavy (non-hydrogen) atoms. The van der Waals surface area contributed by atoms with E-state index in [0.717, 1.165) is 25.7 Å². The molecule has 5 heteroatoms. The summed E-state index contributed by atoms with van der Waals surface area (Å²) in [7, 11) is 0. The number of primary amides is 1. The van der Waals surface area contributed by atoms with Crippen molar-refractivity contribution in [2.24, 2.45) is 11.6 Å². The van der Waals surface area contributed by atoms with Crippen molar-refractivity contribution in [1.29, 1.82) is 0 Å². The lowest BCUT2D eigenvalue weighted by molar-refractivity contribution is -0.0517. The van der Waals surface area contributed by atoms with Gasteiger partial charge in [-0.15, -0.1) is 0 Å². The molecule has 1 fully saturated rings. The van der Waals surface area contributed by atoms with E-state index in [1.54, 1.807) is 0 Å². The first-order valence-corrected chi connectivity index (χ1v) is 4.40. The van der Waals surface area contributed by atoms with Gasteiger partial charge in [-0.05, 0) is 32.6 Å². The van der Waals surface area contributed by atoms with Crippen LogP contribution in [0.3, 0.4) is 0 Å². The van der Waals surface area contributed by atoms with Crippen LogP contribution in [0.1, 0.15) is 32.6 Å². The van der Waals surface area contributed by atoms with E-state index >= 15 is 0 Å². The third-order valence-electron chi connectivity index (χ3n) is 2.53. The van der Waals surface area contributed by atoms with Gasteiger partial charge in [0, 0.05) is 0 Å². The fourth-order valence-corrected chi connectivity index (χ4v) is 1.68. The molecule has 5 nitrogen and oxygen atoms in total. The van der Waals surface area contributed by atoms with Crippen LogP contribution < -0.4 is 11.6 Å². The van der Waals surface area contributed by atoms with Gasteiger partial charge in [-0.1, -0.05) is 0 Å². The van der Waals surface area contributed by atoms with E-state index in [1.165, 1.54) is 0 Å². The van der Waals surface area contributed by atoms with Gasteiger partial charge in [-0.25, -0.2) is 10.7 Å². The Labute approximate surface area is 77.3 Å². The molecular weight excluding hydrogens is 172 g/mol. The van der Waals surface area contributed by atoms with Crippen molar-refractivity contribution in [3.05, 3.63) is 0 Å². The lowest BCUT2D eigenvalue weighted by Crippen LogP contribution is -2.40. The summed E-state index contributed by atoms with van der Waals surface area (Å²) in [4.78, 5) is 15.3. The summed E-state index contributed by atoms with van der Waals surface area (Å²) >= 11 is 0. The molecule has 1 rings (SSSR count). The summed E-state index contributed by atoms with van der Waals surface area (Å²) < 4.78 is 5.01. The van der Waals surface area contributed by atoms with Gasteiger partial charge in [0.05, 0.1) is 6.10 Å². The smallest absolute Gasteiger partial charge is 0.405 e. The van der Waals surface area contributed by atoms with Crippen LogP contribution in [0.4, 0.5) is 4.79 Å².